The lowest BCUT2D eigenvalue weighted by Gasteiger charge is -2.44. The second-order valence-corrected chi connectivity index (χ2v) is 12.8. The van der Waals surface area contributed by atoms with Gasteiger partial charge in [-0.05, 0) is 73.3 Å². The van der Waals surface area contributed by atoms with Gasteiger partial charge >= 0.3 is 11.9 Å². The van der Waals surface area contributed by atoms with Crippen LogP contribution in [0, 0.1) is 5.92 Å². The van der Waals surface area contributed by atoms with E-state index in [-0.39, 0.29) is 18.5 Å². The second-order valence-electron chi connectivity index (χ2n) is 12.0. The Balaban J connectivity index is 1.24. The quantitative estimate of drug-likeness (QED) is 0.163. The Morgan fingerprint density at radius 1 is 0.896 bits per heavy atom. The molecule has 2 N–H and O–H groups in total. The first-order valence-electron chi connectivity index (χ1n) is 15.9. The number of halogens is 2. The van der Waals surface area contributed by atoms with Gasteiger partial charge in [-0.3, -0.25) is 4.90 Å². The van der Waals surface area contributed by atoms with Crippen molar-refractivity contribution in [1.29, 1.82) is 0 Å². The van der Waals surface area contributed by atoms with Crippen LogP contribution in [0.2, 0.25) is 10.0 Å². The fraction of sp³-hybridized carbons (Fsp3) is 0.324. The number of ether oxygens (including phenoxy) is 4. The number of methoxy groups -OCH3 is 2. The van der Waals surface area contributed by atoms with Crippen molar-refractivity contribution in [3.8, 4) is 11.5 Å². The summed E-state index contributed by atoms with van der Waals surface area (Å²) in [6.45, 7) is 2.87. The minimum atomic E-state index is -0.778. The molecule has 4 aromatic rings. The number of aromatic nitrogens is 1. The maximum atomic E-state index is 13.8. The van der Waals surface area contributed by atoms with Crippen LogP contribution in [0.1, 0.15) is 52.0 Å². The molecule has 3 aliphatic heterocycles. The number of pyridine rings is 1. The highest BCUT2D eigenvalue weighted by molar-refractivity contribution is 6.35. The second kappa shape index (κ2) is 15.3. The van der Waals surface area contributed by atoms with E-state index in [0.29, 0.717) is 49.8 Å². The molecule has 0 radical (unpaired) electrons. The summed E-state index contributed by atoms with van der Waals surface area (Å²) in [6, 6.07) is 20.9. The van der Waals surface area contributed by atoms with Gasteiger partial charge in [0.2, 0.25) is 0 Å². The number of hydrogen-bond acceptors (Lipinski definition) is 8. The van der Waals surface area contributed by atoms with Gasteiger partial charge < -0.3 is 24.3 Å². The molecule has 7 rings (SSSR count). The number of fused-ring (bicyclic) bond motifs is 3. The first-order chi connectivity index (χ1) is 23.3. The largest absolute Gasteiger partial charge is 0.493 e. The highest BCUT2D eigenvalue weighted by atomic mass is 35.5. The fourth-order valence-corrected chi connectivity index (χ4v) is 6.95. The van der Waals surface area contributed by atoms with Crippen LogP contribution in [0.3, 0.4) is 0 Å². The van der Waals surface area contributed by atoms with Crippen molar-refractivity contribution >= 4 is 40.8 Å². The van der Waals surface area contributed by atoms with E-state index in [1.54, 1.807) is 62.0 Å². The van der Waals surface area contributed by atoms with Crippen LogP contribution in [0.15, 0.2) is 85.2 Å². The van der Waals surface area contributed by atoms with E-state index < -0.39 is 18.1 Å². The summed E-state index contributed by atoms with van der Waals surface area (Å²) in [7, 11) is 3.09. The summed E-state index contributed by atoms with van der Waals surface area (Å²) in [6.07, 6.45) is 4.61. The number of rotatable bonds is 12. The normalized spacial score (nSPS) is 19.5. The van der Waals surface area contributed by atoms with Crippen molar-refractivity contribution in [2.75, 3.05) is 39.2 Å². The number of hydrogen-bond donors (Lipinski definition) is 1. The lowest BCUT2D eigenvalue weighted by Crippen LogP contribution is -2.52. The molecule has 11 heteroatoms. The topological polar surface area (TPSA) is 100 Å². The van der Waals surface area contributed by atoms with Gasteiger partial charge in [0, 0.05) is 24.2 Å². The maximum absolute atomic E-state index is 13.8. The molecule has 1 aromatic heterocycles. The Hall–Kier alpha value is -4.31. The number of esters is 2. The van der Waals surface area contributed by atoms with Gasteiger partial charge in [0.1, 0.15) is 22.3 Å². The maximum Gasteiger partial charge on any atom is 0.338 e. The molecule has 3 saturated heterocycles. The van der Waals surface area contributed by atoms with Gasteiger partial charge in [0.15, 0.2) is 29.9 Å². The van der Waals surface area contributed by atoms with Crippen molar-refractivity contribution in [2.45, 2.75) is 37.5 Å². The van der Waals surface area contributed by atoms with Crippen LogP contribution in [-0.2, 0) is 20.7 Å². The van der Waals surface area contributed by atoms with Gasteiger partial charge in [-0.1, -0.05) is 65.7 Å². The molecule has 0 unspecified atom stereocenters. The van der Waals surface area contributed by atoms with Gasteiger partial charge in [-0.2, -0.15) is 0 Å². The molecule has 0 saturated carbocycles. The summed E-state index contributed by atoms with van der Waals surface area (Å²) in [5.74, 6) is 0.480. The predicted octanol–water partition coefficient (Wildman–Crippen LogP) is 6.76. The highest BCUT2D eigenvalue weighted by Gasteiger charge is 2.38. The number of piperidine rings is 3. The summed E-state index contributed by atoms with van der Waals surface area (Å²) in [4.78, 5) is 32.7. The smallest absolute Gasteiger partial charge is 0.338 e. The van der Waals surface area contributed by atoms with Gasteiger partial charge in [-0.25, -0.2) is 14.6 Å². The summed E-state index contributed by atoms with van der Waals surface area (Å²) in [5, 5.41) is 4.15. The van der Waals surface area contributed by atoms with E-state index in [1.807, 2.05) is 30.3 Å². The monoisotopic (exact) mass is 690 g/mol. The summed E-state index contributed by atoms with van der Waals surface area (Å²) >= 11 is 13.0. The van der Waals surface area contributed by atoms with E-state index in [2.05, 4.69) is 15.2 Å². The Bertz CT molecular complexity index is 1730. The molecular weight excluding hydrogens is 653 g/mol. The zero-order valence-electron chi connectivity index (χ0n) is 26.8. The molecule has 48 heavy (non-hydrogen) atoms. The van der Waals surface area contributed by atoms with E-state index in [0.717, 1.165) is 38.0 Å². The van der Waals surface area contributed by atoms with Crippen molar-refractivity contribution in [2.24, 2.45) is 5.92 Å². The minimum Gasteiger partial charge on any atom is -0.493 e. The number of anilines is 1. The van der Waals surface area contributed by atoms with E-state index >= 15 is 0 Å². The first-order valence-corrected chi connectivity index (χ1v) is 16.7. The van der Waals surface area contributed by atoms with Crippen LogP contribution in [0.25, 0.3) is 0 Å². The third kappa shape index (κ3) is 7.70. The number of carbonyl (C=O) groups is 2. The molecule has 3 atom stereocenters. The number of carbonyl (C=O) groups excluding carboxylic acids is 2. The molecule has 0 spiro atoms. The van der Waals surface area contributed by atoms with E-state index in [1.165, 1.54) is 7.11 Å². The third-order valence-corrected chi connectivity index (χ3v) is 9.73. The number of nitrogens with one attached hydrogen (secondary N) is 2. The molecule has 3 aromatic carbocycles. The first kappa shape index (κ1) is 33.6. The highest BCUT2D eigenvalue weighted by Crippen LogP contribution is 2.36. The lowest BCUT2D eigenvalue weighted by molar-refractivity contribution is -0.377. The Labute approximate surface area is 290 Å². The van der Waals surface area contributed by atoms with Gasteiger partial charge in [-0.15, -0.1) is 0 Å². The predicted molar refractivity (Wildman–Crippen MR) is 183 cm³/mol. The molecule has 3 aliphatic rings. The van der Waals surface area contributed by atoms with Gasteiger partial charge in [0.05, 0.1) is 19.8 Å². The van der Waals surface area contributed by atoms with Crippen LogP contribution >= 0.6 is 23.2 Å². The van der Waals surface area contributed by atoms with Gasteiger partial charge in [0.25, 0.3) is 0 Å². The molecule has 0 aliphatic carbocycles. The average molecular weight is 692 g/mol. The fourth-order valence-electron chi connectivity index (χ4n) is 6.42. The summed E-state index contributed by atoms with van der Waals surface area (Å²) in [5.41, 5.74) is 2.90. The standard InChI is InChI=1S/C37H37Cl2N3O6/c1-45-31-12-11-25(18-33(31)46-2)32(19-28-29(38)20-40-21-30(28)39)47-36(43)26-9-6-10-27(17-26)41-35(24-7-4-3-5-8-24)37(44)48-34-22-42-15-13-23(34)14-16-42/h3-12,17-18,20-21,23,32,34-35,41H,13-16,19,22H2,1-2H3/p+1/t32-,34-,35+/m0/s1. The minimum absolute atomic E-state index is 0.132. The molecule has 9 nitrogen and oxygen atoms in total. The zero-order valence-corrected chi connectivity index (χ0v) is 28.3. The Morgan fingerprint density at radius 2 is 1.62 bits per heavy atom. The van der Waals surface area contributed by atoms with Crippen molar-refractivity contribution in [3.63, 3.8) is 0 Å². The zero-order chi connectivity index (χ0) is 33.6. The molecule has 2 bridgehead atoms. The van der Waals surface area contributed by atoms with Crippen LogP contribution in [-0.4, -0.2) is 56.8 Å². The molecule has 250 valence electrons. The van der Waals surface area contributed by atoms with Crippen LogP contribution in [0.5, 0.6) is 11.5 Å². The number of aromatic amines is 1. The van der Waals surface area contributed by atoms with Crippen LogP contribution < -0.4 is 19.8 Å². The van der Waals surface area contributed by atoms with E-state index in [9.17, 15) is 9.59 Å². The number of H-pyrrole nitrogens is 1. The number of benzene rings is 3. The van der Waals surface area contributed by atoms with Crippen LogP contribution in [0.4, 0.5) is 5.69 Å². The average Bonchev–Trinajstić information content (AvgIpc) is 3.12. The summed E-state index contributed by atoms with van der Waals surface area (Å²) < 4.78 is 23.2. The lowest BCUT2D eigenvalue weighted by atomic mass is 9.86. The molecule has 3 fully saturated rings. The Kier molecular flexibility index (Phi) is 10.7. The van der Waals surface area contributed by atoms with E-state index in [4.69, 9.17) is 42.1 Å². The molecule has 4 heterocycles. The van der Waals surface area contributed by atoms with Crippen molar-refractivity contribution < 1.29 is 33.5 Å². The Morgan fingerprint density at radius 3 is 2.29 bits per heavy atom. The third-order valence-electron chi connectivity index (χ3n) is 9.06. The molecular formula is C37H38Cl2N3O6+. The number of nitrogens with zero attached hydrogens (tertiary/aromatic N) is 1. The van der Waals surface area contributed by atoms with Crippen molar-refractivity contribution in [3.05, 3.63) is 117 Å². The van der Waals surface area contributed by atoms with Crippen molar-refractivity contribution in [1.82, 2.24) is 4.90 Å². The molecule has 0 amide bonds. The SMILES string of the molecule is COc1ccc([C@H](Cc2c(Cl)c[nH+]cc2Cl)OC(=O)c2cccc(N[C@@H](C(=O)O[C@H]3CN4CCC3CC4)c3ccccc3)c2)cc1OC.